The average Bonchev–Trinajstić information content (AvgIpc) is 2.79. The summed E-state index contributed by atoms with van der Waals surface area (Å²) in [6.07, 6.45) is 0. The van der Waals surface area contributed by atoms with Crippen molar-refractivity contribution >= 4 is 5.69 Å². The van der Waals surface area contributed by atoms with E-state index in [0.717, 1.165) is 29.2 Å². The Morgan fingerprint density at radius 1 is 1.30 bits per heavy atom. The van der Waals surface area contributed by atoms with Gasteiger partial charge in [0.1, 0.15) is 0 Å². The molecule has 0 amide bonds. The van der Waals surface area contributed by atoms with Crippen molar-refractivity contribution < 1.29 is 0 Å². The summed E-state index contributed by atoms with van der Waals surface area (Å²) in [6, 6.07) is 5.89. The van der Waals surface area contributed by atoms with E-state index in [1.807, 2.05) is 29.8 Å². The van der Waals surface area contributed by atoms with Crippen LogP contribution in [0.15, 0.2) is 18.2 Å². The van der Waals surface area contributed by atoms with Gasteiger partial charge in [0.05, 0.1) is 0 Å². The zero-order valence-electron chi connectivity index (χ0n) is 12.9. The molecule has 1 unspecified atom stereocenters. The van der Waals surface area contributed by atoms with Gasteiger partial charge in [-0.3, -0.25) is 0 Å². The van der Waals surface area contributed by atoms with Crippen LogP contribution in [0.1, 0.15) is 33.3 Å². The predicted octanol–water partition coefficient (Wildman–Crippen LogP) is 2.91. The number of hydrogen-bond acceptors (Lipinski definition) is 4. The van der Waals surface area contributed by atoms with Crippen LogP contribution in [0, 0.1) is 18.3 Å². The molecule has 5 nitrogen and oxygen atoms in total. The summed E-state index contributed by atoms with van der Waals surface area (Å²) in [4.78, 5) is 0. The molecule has 2 N–H and O–H groups in total. The molecule has 1 heterocycles. The van der Waals surface area contributed by atoms with Crippen molar-refractivity contribution in [2.24, 2.45) is 11.3 Å². The number of anilines is 1. The molecule has 0 aliphatic heterocycles. The van der Waals surface area contributed by atoms with E-state index in [2.05, 4.69) is 43.2 Å². The van der Waals surface area contributed by atoms with Crippen LogP contribution in [0.5, 0.6) is 0 Å². The molecule has 0 aliphatic rings. The Morgan fingerprint density at radius 2 is 2.00 bits per heavy atom. The van der Waals surface area contributed by atoms with Gasteiger partial charge in [-0.2, -0.15) is 0 Å². The summed E-state index contributed by atoms with van der Waals surface area (Å²) in [5, 5.41) is 12.1. The third kappa shape index (κ3) is 2.98. The molecule has 1 atom stereocenters. The topological polar surface area (TPSA) is 69.6 Å². The molecular formula is C15H23N5. The highest BCUT2D eigenvalue weighted by atomic mass is 15.5. The van der Waals surface area contributed by atoms with Gasteiger partial charge >= 0.3 is 0 Å². The maximum Gasteiger partial charge on any atom is 0.182 e. The first-order chi connectivity index (χ1) is 9.29. The minimum Gasteiger partial charge on any atom is -0.399 e. The molecule has 1 aromatic heterocycles. The normalized spacial score (nSPS) is 13.4. The smallest absolute Gasteiger partial charge is 0.182 e. The van der Waals surface area contributed by atoms with E-state index in [1.54, 1.807) is 0 Å². The number of rotatable bonds is 3. The van der Waals surface area contributed by atoms with Crippen LogP contribution in [0.2, 0.25) is 0 Å². The van der Waals surface area contributed by atoms with E-state index in [4.69, 9.17) is 5.73 Å². The van der Waals surface area contributed by atoms with Crippen LogP contribution in [0.25, 0.3) is 11.4 Å². The number of tetrazole rings is 1. The first-order valence-electron chi connectivity index (χ1n) is 6.91. The lowest BCUT2D eigenvalue weighted by atomic mass is 9.82. The van der Waals surface area contributed by atoms with Crippen molar-refractivity contribution in [1.29, 1.82) is 0 Å². The van der Waals surface area contributed by atoms with Crippen LogP contribution in [0.3, 0.4) is 0 Å². The Balaban J connectivity index is 2.31. The first-order valence-corrected chi connectivity index (χ1v) is 6.91. The van der Waals surface area contributed by atoms with Gasteiger partial charge in [-0.1, -0.05) is 27.7 Å². The lowest BCUT2D eigenvalue weighted by Crippen LogP contribution is -2.23. The van der Waals surface area contributed by atoms with Crippen LogP contribution < -0.4 is 5.73 Å². The molecule has 2 aromatic rings. The molecule has 0 spiro atoms. The summed E-state index contributed by atoms with van der Waals surface area (Å²) < 4.78 is 1.88. The molecule has 0 saturated carbocycles. The summed E-state index contributed by atoms with van der Waals surface area (Å²) in [7, 11) is 0. The van der Waals surface area contributed by atoms with Crippen molar-refractivity contribution in [3.05, 3.63) is 23.8 Å². The monoisotopic (exact) mass is 273 g/mol. The number of aryl methyl sites for hydroxylation is 1. The molecule has 20 heavy (non-hydrogen) atoms. The van der Waals surface area contributed by atoms with E-state index >= 15 is 0 Å². The lowest BCUT2D eigenvalue weighted by Gasteiger charge is -2.27. The van der Waals surface area contributed by atoms with Gasteiger partial charge in [-0.05, 0) is 52.4 Å². The number of nitrogen functional groups attached to an aromatic ring is 1. The van der Waals surface area contributed by atoms with Gasteiger partial charge in [-0.15, -0.1) is 5.10 Å². The first kappa shape index (κ1) is 14.5. The molecule has 108 valence electrons. The fourth-order valence-electron chi connectivity index (χ4n) is 1.88. The molecule has 2 rings (SSSR count). The van der Waals surface area contributed by atoms with Crippen molar-refractivity contribution in [3.63, 3.8) is 0 Å². The van der Waals surface area contributed by atoms with Crippen molar-refractivity contribution in [2.45, 2.75) is 41.2 Å². The summed E-state index contributed by atoms with van der Waals surface area (Å²) >= 11 is 0. The quantitative estimate of drug-likeness (QED) is 0.873. The Bertz CT molecular complexity index is 595. The third-order valence-electron chi connectivity index (χ3n) is 3.99. The number of benzene rings is 1. The van der Waals surface area contributed by atoms with Gasteiger partial charge in [0.25, 0.3) is 0 Å². The van der Waals surface area contributed by atoms with Gasteiger partial charge in [0.15, 0.2) is 5.82 Å². The number of nitrogens with zero attached hydrogens (tertiary/aromatic N) is 4. The Morgan fingerprint density at radius 3 is 2.60 bits per heavy atom. The molecule has 0 aliphatic carbocycles. The number of nitrogens with two attached hydrogens (primary N) is 1. The number of aromatic nitrogens is 4. The molecule has 0 saturated heterocycles. The minimum absolute atomic E-state index is 0.222. The van der Waals surface area contributed by atoms with Crippen molar-refractivity contribution in [2.75, 3.05) is 5.73 Å². The maximum atomic E-state index is 5.86. The van der Waals surface area contributed by atoms with Gasteiger partial charge in [0, 0.05) is 17.8 Å². The number of hydrogen-bond donors (Lipinski definition) is 1. The molecular weight excluding hydrogens is 250 g/mol. The summed E-state index contributed by atoms with van der Waals surface area (Å²) in [6.45, 7) is 11.7. The van der Waals surface area contributed by atoms with E-state index < -0.39 is 0 Å². The highest BCUT2D eigenvalue weighted by molar-refractivity contribution is 5.61. The highest BCUT2D eigenvalue weighted by Gasteiger charge is 2.22. The average molecular weight is 273 g/mol. The lowest BCUT2D eigenvalue weighted by molar-refractivity contribution is 0.225. The zero-order valence-corrected chi connectivity index (χ0v) is 12.9. The van der Waals surface area contributed by atoms with E-state index in [1.165, 1.54) is 0 Å². The second-order valence-corrected chi connectivity index (χ2v) is 6.52. The van der Waals surface area contributed by atoms with Crippen molar-refractivity contribution in [1.82, 2.24) is 20.2 Å². The van der Waals surface area contributed by atoms with Crippen LogP contribution in [0.4, 0.5) is 5.69 Å². The predicted molar refractivity (Wildman–Crippen MR) is 81.0 cm³/mol. The summed E-state index contributed by atoms with van der Waals surface area (Å²) in [5.74, 6) is 1.27. The molecule has 0 bridgehead atoms. The summed E-state index contributed by atoms with van der Waals surface area (Å²) in [5.41, 5.74) is 8.91. The van der Waals surface area contributed by atoms with E-state index in [9.17, 15) is 0 Å². The second kappa shape index (κ2) is 5.23. The van der Waals surface area contributed by atoms with E-state index in [0.29, 0.717) is 5.92 Å². The fourth-order valence-corrected chi connectivity index (χ4v) is 1.88. The largest absolute Gasteiger partial charge is 0.399 e. The molecule has 0 fully saturated rings. The Labute approximate surface area is 120 Å². The Kier molecular flexibility index (Phi) is 3.79. The minimum atomic E-state index is 0.222. The molecule has 0 radical (unpaired) electrons. The standard InChI is InChI=1S/C15H23N5/c1-10-8-12(6-7-13(10)16)14-17-18-19-20(14)9-11(2)15(3,4)5/h6-8,11H,9,16H2,1-5H3. The van der Waals surface area contributed by atoms with Crippen LogP contribution in [-0.4, -0.2) is 20.2 Å². The molecule has 5 heteroatoms. The Hall–Kier alpha value is -1.91. The van der Waals surface area contributed by atoms with Gasteiger partial charge in [0.2, 0.25) is 0 Å². The maximum absolute atomic E-state index is 5.86. The second-order valence-electron chi connectivity index (χ2n) is 6.52. The third-order valence-corrected chi connectivity index (χ3v) is 3.99. The molecule has 1 aromatic carbocycles. The SMILES string of the molecule is Cc1cc(-c2nnnn2CC(C)C(C)(C)C)ccc1N. The van der Waals surface area contributed by atoms with Crippen molar-refractivity contribution in [3.8, 4) is 11.4 Å². The van der Waals surface area contributed by atoms with Gasteiger partial charge in [-0.25, -0.2) is 4.68 Å². The van der Waals surface area contributed by atoms with Gasteiger partial charge < -0.3 is 5.73 Å². The zero-order chi connectivity index (χ0) is 14.9. The highest BCUT2D eigenvalue weighted by Crippen LogP contribution is 2.28. The van der Waals surface area contributed by atoms with Crippen LogP contribution in [-0.2, 0) is 6.54 Å². The van der Waals surface area contributed by atoms with E-state index in [-0.39, 0.29) is 5.41 Å². The van der Waals surface area contributed by atoms with Crippen LogP contribution >= 0.6 is 0 Å². The fraction of sp³-hybridized carbons (Fsp3) is 0.533.